The van der Waals surface area contributed by atoms with Gasteiger partial charge in [-0.25, -0.2) is 14.8 Å². The summed E-state index contributed by atoms with van der Waals surface area (Å²) < 4.78 is 26.1. The summed E-state index contributed by atoms with van der Waals surface area (Å²) in [4.78, 5) is 15.8. The van der Waals surface area contributed by atoms with Gasteiger partial charge < -0.3 is 14.8 Å². The highest BCUT2D eigenvalue weighted by atomic mass is 35.5. The molecule has 1 aromatic carbocycles. The maximum absolute atomic E-state index is 14.0. The molecular weight excluding hydrogens is 422 g/mol. The van der Waals surface area contributed by atoms with Crippen LogP contribution in [0.15, 0.2) is 41.6 Å². The number of hydrogen-bond acceptors (Lipinski definition) is 6. The summed E-state index contributed by atoms with van der Waals surface area (Å²) in [5.41, 5.74) is 4.25. The van der Waals surface area contributed by atoms with E-state index in [-0.39, 0.29) is 29.8 Å². The van der Waals surface area contributed by atoms with E-state index in [0.717, 1.165) is 0 Å². The summed E-state index contributed by atoms with van der Waals surface area (Å²) in [5, 5.41) is 7.34. The lowest BCUT2D eigenvalue weighted by Gasteiger charge is -2.26. The lowest BCUT2D eigenvalue weighted by atomic mass is 10.0. The summed E-state index contributed by atoms with van der Waals surface area (Å²) in [6.45, 7) is 1.58. The number of amides is 1. The van der Waals surface area contributed by atoms with E-state index in [1.807, 2.05) is 0 Å². The fraction of sp³-hybridized carbons (Fsp3) is 0.316. The van der Waals surface area contributed by atoms with Gasteiger partial charge in [0.1, 0.15) is 18.0 Å². The average Bonchev–Trinajstić information content (AvgIpc) is 2.99. The number of carbonyl (C=O) groups is 1. The fourth-order valence-corrected chi connectivity index (χ4v) is 3.30. The van der Waals surface area contributed by atoms with Crippen LogP contribution in [0.1, 0.15) is 23.7 Å². The van der Waals surface area contributed by atoms with Crippen molar-refractivity contribution >= 4 is 35.6 Å². The molecule has 0 spiro atoms. The molecule has 0 radical (unpaired) electrons. The first-order valence-electron chi connectivity index (χ1n) is 8.86. The molecule has 2 aliphatic heterocycles. The summed E-state index contributed by atoms with van der Waals surface area (Å²) in [5.74, 6) is -0.351. The second-order valence-electron chi connectivity index (χ2n) is 6.45. The van der Waals surface area contributed by atoms with Crippen LogP contribution in [0, 0.1) is 5.82 Å². The van der Waals surface area contributed by atoms with Crippen molar-refractivity contribution in [1.29, 1.82) is 0 Å². The van der Waals surface area contributed by atoms with Crippen LogP contribution in [-0.2, 0) is 9.53 Å². The molecule has 1 fully saturated rings. The maximum atomic E-state index is 14.0. The van der Waals surface area contributed by atoms with Crippen molar-refractivity contribution in [1.82, 2.24) is 15.7 Å². The van der Waals surface area contributed by atoms with Gasteiger partial charge in [-0.1, -0.05) is 17.7 Å². The maximum Gasteiger partial charge on any atom is 0.246 e. The lowest BCUT2D eigenvalue weighted by Crippen LogP contribution is -2.35. The zero-order valence-corrected chi connectivity index (χ0v) is 16.8. The molecule has 1 amide bonds. The zero-order valence-electron chi connectivity index (χ0n) is 15.2. The predicted octanol–water partition coefficient (Wildman–Crippen LogP) is 2.63. The molecule has 2 atom stereocenters. The second-order valence-corrected chi connectivity index (χ2v) is 6.86. The fourth-order valence-electron chi connectivity index (χ4n) is 3.18. The molecule has 29 heavy (non-hydrogen) atoms. The van der Waals surface area contributed by atoms with Gasteiger partial charge in [0.05, 0.1) is 29.3 Å². The lowest BCUT2D eigenvalue weighted by molar-refractivity contribution is -0.119. The highest BCUT2D eigenvalue weighted by Crippen LogP contribution is 2.30. The van der Waals surface area contributed by atoms with E-state index in [1.165, 1.54) is 12.1 Å². The Bertz CT molecular complexity index is 928. The quantitative estimate of drug-likeness (QED) is 0.762. The average molecular weight is 441 g/mol. The van der Waals surface area contributed by atoms with Crippen molar-refractivity contribution < 1.29 is 18.7 Å². The van der Waals surface area contributed by atoms with Gasteiger partial charge in [0.2, 0.25) is 11.8 Å². The van der Waals surface area contributed by atoms with Crippen LogP contribution in [0.5, 0.6) is 5.88 Å². The summed E-state index contributed by atoms with van der Waals surface area (Å²) >= 11 is 5.81. The van der Waals surface area contributed by atoms with E-state index < -0.39 is 18.0 Å². The van der Waals surface area contributed by atoms with Crippen molar-refractivity contribution in [3.63, 3.8) is 0 Å². The minimum Gasteiger partial charge on any atom is -0.469 e. The molecule has 1 aromatic heterocycles. The first-order valence-corrected chi connectivity index (χ1v) is 9.24. The number of benzene rings is 1. The highest BCUT2D eigenvalue weighted by Gasteiger charge is 2.30. The van der Waals surface area contributed by atoms with Crippen LogP contribution >= 0.6 is 24.0 Å². The molecule has 0 unspecified atom stereocenters. The summed E-state index contributed by atoms with van der Waals surface area (Å²) in [6, 6.07) is 8.13. The van der Waals surface area contributed by atoms with Crippen LogP contribution in [-0.4, -0.2) is 42.4 Å². The minimum atomic E-state index is -0.512. The molecule has 4 rings (SSSR count). The normalized spacial score (nSPS) is 21.6. The standard InChI is InChI=1S/C19H18ClFN4O3.ClH/c20-13-4-3-11(8-14(13)21)18-16(10-22-6-7-27-18)28-19-12(2-1-5-23-19)15-9-17(26)25-24-15;/h1-5,8,16,18,22H,6-7,9-10H2,(H,25,26);1H/t16-,18-;/m0./s1. The van der Waals surface area contributed by atoms with Crippen LogP contribution in [0.2, 0.25) is 5.02 Å². The van der Waals surface area contributed by atoms with Gasteiger partial charge in [-0.05, 0) is 29.8 Å². The molecule has 1 saturated heterocycles. The molecule has 2 aliphatic rings. The molecular formula is C19H19Cl2FN4O3. The Hall–Kier alpha value is -2.26. The van der Waals surface area contributed by atoms with Gasteiger partial charge in [-0.3, -0.25) is 4.79 Å². The second kappa shape index (κ2) is 9.49. The number of rotatable bonds is 4. The largest absolute Gasteiger partial charge is 0.469 e. The monoisotopic (exact) mass is 440 g/mol. The number of carbonyl (C=O) groups excluding carboxylic acids is 1. The van der Waals surface area contributed by atoms with E-state index >= 15 is 0 Å². The molecule has 3 heterocycles. The van der Waals surface area contributed by atoms with Crippen molar-refractivity contribution in [2.45, 2.75) is 18.6 Å². The first-order chi connectivity index (χ1) is 13.6. The smallest absolute Gasteiger partial charge is 0.246 e. The van der Waals surface area contributed by atoms with Crippen LogP contribution in [0.3, 0.4) is 0 Å². The first kappa shape index (κ1) is 21.4. The van der Waals surface area contributed by atoms with Gasteiger partial charge in [-0.2, -0.15) is 5.10 Å². The summed E-state index contributed by atoms with van der Waals surface area (Å²) in [6.07, 6.45) is 0.781. The number of ether oxygens (including phenoxy) is 2. The third kappa shape index (κ3) is 4.84. The zero-order chi connectivity index (χ0) is 19.5. The number of aromatic nitrogens is 1. The molecule has 0 bridgehead atoms. The van der Waals surface area contributed by atoms with E-state index in [1.54, 1.807) is 24.4 Å². The third-order valence-electron chi connectivity index (χ3n) is 4.52. The molecule has 2 N–H and O–H groups in total. The number of pyridine rings is 1. The number of hydrazone groups is 1. The van der Waals surface area contributed by atoms with Crippen molar-refractivity contribution in [2.24, 2.45) is 5.10 Å². The van der Waals surface area contributed by atoms with Crippen LogP contribution in [0.25, 0.3) is 0 Å². The van der Waals surface area contributed by atoms with E-state index in [4.69, 9.17) is 21.1 Å². The van der Waals surface area contributed by atoms with E-state index in [2.05, 4.69) is 20.8 Å². The Labute approximate surface area is 178 Å². The molecule has 2 aromatic rings. The Kier molecular flexibility index (Phi) is 7.02. The van der Waals surface area contributed by atoms with Gasteiger partial charge in [0.15, 0.2) is 0 Å². The molecule has 0 aliphatic carbocycles. The molecule has 10 heteroatoms. The van der Waals surface area contributed by atoms with Gasteiger partial charge in [0, 0.05) is 19.3 Å². The SMILES string of the molecule is Cl.O=C1CC(c2cccnc2O[C@H]2CNCCO[C@H]2c2ccc(Cl)c(F)c2)=NN1. The minimum absolute atomic E-state index is 0. The Balaban J connectivity index is 0.00000240. The van der Waals surface area contributed by atoms with E-state index in [0.29, 0.717) is 42.4 Å². The third-order valence-corrected chi connectivity index (χ3v) is 4.83. The number of halogens is 3. The Morgan fingerprint density at radius 1 is 1.31 bits per heavy atom. The predicted molar refractivity (Wildman–Crippen MR) is 108 cm³/mol. The van der Waals surface area contributed by atoms with Crippen molar-refractivity contribution in [3.8, 4) is 5.88 Å². The summed E-state index contributed by atoms with van der Waals surface area (Å²) in [7, 11) is 0. The molecule has 154 valence electrons. The molecule has 7 nitrogen and oxygen atoms in total. The van der Waals surface area contributed by atoms with Crippen LogP contribution in [0.4, 0.5) is 4.39 Å². The Morgan fingerprint density at radius 2 is 2.17 bits per heavy atom. The van der Waals surface area contributed by atoms with E-state index in [9.17, 15) is 9.18 Å². The topological polar surface area (TPSA) is 84.8 Å². The number of nitrogens with zero attached hydrogens (tertiary/aromatic N) is 2. The number of hydrogen-bond donors (Lipinski definition) is 2. The highest BCUT2D eigenvalue weighted by molar-refractivity contribution is 6.30. The van der Waals surface area contributed by atoms with Gasteiger partial charge in [-0.15, -0.1) is 12.4 Å². The number of nitrogens with one attached hydrogen (secondary N) is 2. The Morgan fingerprint density at radius 3 is 2.93 bits per heavy atom. The van der Waals surface area contributed by atoms with Crippen molar-refractivity contribution in [3.05, 3.63) is 58.5 Å². The van der Waals surface area contributed by atoms with Crippen molar-refractivity contribution in [2.75, 3.05) is 19.7 Å². The van der Waals surface area contributed by atoms with Gasteiger partial charge in [0.25, 0.3) is 0 Å². The van der Waals surface area contributed by atoms with Gasteiger partial charge >= 0.3 is 0 Å². The van der Waals surface area contributed by atoms with Crippen LogP contribution < -0.4 is 15.5 Å². The molecule has 0 saturated carbocycles.